The summed E-state index contributed by atoms with van der Waals surface area (Å²) in [7, 11) is 0. The number of hydrazone groups is 1. The summed E-state index contributed by atoms with van der Waals surface area (Å²) in [4.78, 5) is 29.1. The van der Waals surface area contributed by atoms with E-state index in [1.165, 1.54) is 17.0 Å². The maximum Gasteiger partial charge on any atom is 0.272 e. The fourth-order valence-corrected chi connectivity index (χ4v) is 3.14. The predicted octanol–water partition coefficient (Wildman–Crippen LogP) is 3.16. The van der Waals surface area contributed by atoms with Crippen molar-refractivity contribution in [1.29, 1.82) is 0 Å². The van der Waals surface area contributed by atoms with Crippen molar-refractivity contribution in [2.24, 2.45) is 5.10 Å². The first kappa shape index (κ1) is 19.1. The highest BCUT2D eigenvalue weighted by Gasteiger charge is 2.16. The van der Waals surface area contributed by atoms with Crippen LogP contribution in [0.4, 0.5) is 0 Å². The average Bonchev–Trinajstić information content (AvgIpc) is 2.78. The largest absolute Gasteiger partial charge is 0.494 e. The number of nitrogens with one attached hydrogen (secondary N) is 1. The standard InChI is InChI=1S/C23H18N4O3/c1-15-8-10-17(11-9-15)27-22(29)19-7-3-2-6-18(19)20(23(27)30)14-25-26-21(28)16-5-4-12-24-13-16/h2-14,30H,1H3,(H,26,28)/b25-14+. The van der Waals surface area contributed by atoms with E-state index in [-0.39, 0.29) is 11.4 Å². The molecule has 0 aliphatic rings. The number of fused-ring (bicyclic) bond motifs is 1. The van der Waals surface area contributed by atoms with Crippen molar-refractivity contribution in [3.8, 4) is 11.6 Å². The zero-order chi connectivity index (χ0) is 21.1. The highest BCUT2D eigenvalue weighted by atomic mass is 16.3. The first-order chi connectivity index (χ1) is 14.6. The molecule has 0 radical (unpaired) electrons. The monoisotopic (exact) mass is 398 g/mol. The smallest absolute Gasteiger partial charge is 0.272 e. The minimum Gasteiger partial charge on any atom is -0.494 e. The maximum absolute atomic E-state index is 13.0. The summed E-state index contributed by atoms with van der Waals surface area (Å²) < 4.78 is 1.23. The van der Waals surface area contributed by atoms with Gasteiger partial charge in [-0.25, -0.2) is 9.99 Å². The molecule has 2 aromatic heterocycles. The number of aryl methyl sites for hydroxylation is 1. The Morgan fingerprint density at radius 2 is 1.80 bits per heavy atom. The van der Waals surface area contributed by atoms with Gasteiger partial charge >= 0.3 is 0 Å². The summed E-state index contributed by atoms with van der Waals surface area (Å²) in [5.74, 6) is -0.697. The van der Waals surface area contributed by atoms with Gasteiger partial charge in [-0.2, -0.15) is 5.10 Å². The van der Waals surface area contributed by atoms with Crippen LogP contribution in [0, 0.1) is 6.92 Å². The lowest BCUT2D eigenvalue weighted by Gasteiger charge is -2.13. The summed E-state index contributed by atoms with van der Waals surface area (Å²) in [6.45, 7) is 1.94. The average molecular weight is 398 g/mol. The van der Waals surface area contributed by atoms with Gasteiger partial charge in [-0.05, 0) is 37.3 Å². The minimum absolute atomic E-state index is 0.262. The van der Waals surface area contributed by atoms with Gasteiger partial charge in [-0.15, -0.1) is 0 Å². The number of hydrogen-bond donors (Lipinski definition) is 2. The van der Waals surface area contributed by atoms with Crippen LogP contribution in [0.15, 0.2) is 83.0 Å². The van der Waals surface area contributed by atoms with Crippen molar-refractivity contribution in [3.05, 3.63) is 100 Å². The normalized spacial score (nSPS) is 11.1. The molecule has 0 aliphatic carbocycles. The molecule has 0 atom stereocenters. The van der Waals surface area contributed by atoms with Gasteiger partial charge in [0.05, 0.1) is 23.0 Å². The number of carbonyl (C=O) groups is 1. The molecule has 4 rings (SSSR count). The van der Waals surface area contributed by atoms with Gasteiger partial charge in [0.2, 0.25) is 5.88 Å². The number of aromatic hydroxyl groups is 1. The number of pyridine rings is 2. The Balaban J connectivity index is 1.80. The number of amides is 1. The van der Waals surface area contributed by atoms with E-state index in [1.807, 2.05) is 19.1 Å². The molecule has 1 amide bonds. The summed E-state index contributed by atoms with van der Waals surface area (Å²) >= 11 is 0. The van der Waals surface area contributed by atoms with Gasteiger partial charge in [0.1, 0.15) is 0 Å². The fraction of sp³-hybridized carbons (Fsp3) is 0.0435. The van der Waals surface area contributed by atoms with Crippen LogP contribution in [0.5, 0.6) is 5.88 Å². The van der Waals surface area contributed by atoms with Gasteiger partial charge in [-0.1, -0.05) is 35.9 Å². The van der Waals surface area contributed by atoms with Gasteiger partial charge in [0, 0.05) is 23.2 Å². The molecular formula is C23H18N4O3. The molecule has 2 aromatic carbocycles. The van der Waals surface area contributed by atoms with Gasteiger partial charge in [0.15, 0.2) is 0 Å². The Morgan fingerprint density at radius 1 is 1.07 bits per heavy atom. The second kappa shape index (κ2) is 8.00. The van der Waals surface area contributed by atoms with E-state index in [0.29, 0.717) is 27.6 Å². The number of aromatic nitrogens is 2. The minimum atomic E-state index is -0.435. The second-order valence-corrected chi connectivity index (χ2v) is 6.70. The third-order valence-corrected chi connectivity index (χ3v) is 4.68. The van der Waals surface area contributed by atoms with Crippen molar-refractivity contribution < 1.29 is 9.90 Å². The molecule has 0 bridgehead atoms. The molecule has 7 heteroatoms. The van der Waals surface area contributed by atoms with E-state index < -0.39 is 5.91 Å². The van der Waals surface area contributed by atoms with Gasteiger partial charge < -0.3 is 5.11 Å². The van der Waals surface area contributed by atoms with Crippen LogP contribution in [-0.2, 0) is 0 Å². The van der Waals surface area contributed by atoms with Crippen molar-refractivity contribution in [2.75, 3.05) is 0 Å². The molecule has 0 unspecified atom stereocenters. The second-order valence-electron chi connectivity index (χ2n) is 6.70. The Bertz CT molecular complexity index is 1310. The van der Waals surface area contributed by atoms with E-state index in [9.17, 15) is 14.7 Å². The van der Waals surface area contributed by atoms with Gasteiger partial charge in [-0.3, -0.25) is 14.6 Å². The number of carbonyl (C=O) groups excluding carboxylic acids is 1. The van der Waals surface area contributed by atoms with E-state index in [1.54, 1.807) is 54.7 Å². The molecule has 2 N–H and O–H groups in total. The lowest BCUT2D eigenvalue weighted by atomic mass is 10.1. The zero-order valence-electron chi connectivity index (χ0n) is 16.1. The first-order valence-electron chi connectivity index (χ1n) is 9.23. The van der Waals surface area contributed by atoms with Gasteiger partial charge in [0.25, 0.3) is 11.5 Å². The Hall–Kier alpha value is -4.26. The third-order valence-electron chi connectivity index (χ3n) is 4.68. The SMILES string of the molecule is Cc1ccc(-n2c(O)c(/C=N/NC(=O)c3cccnc3)c3ccccc3c2=O)cc1. The van der Waals surface area contributed by atoms with Crippen molar-refractivity contribution in [3.63, 3.8) is 0 Å². The highest BCUT2D eigenvalue weighted by Crippen LogP contribution is 2.25. The van der Waals surface area contributed by atoms with E-state index in [4.69, 9.17) is 0 Å². The zero-order valence-corrected chi connectivity index (χ0v) is 16.1. The van der Waals surface area contributed by atoms with Crippen LogP contribution in [0.3, 0.4) is 0 Å². The topological polar surface area (TPSA) is 96.6 Å². The van der Waals surface area contributed by atoms with Crippen LogP contribution in [0.2, 0.25) is 0 Å². The van der Waals surface area contributed by atoms with Crippen molar-refractivity contribution in [1.82, 2.24) is 15.0 Å². The fourth-order valence-electron chi connectivity index (χ4n) is 3.14. The summed E-state index contributed by atoms with van der Waals surface area (Å²) in [5.41, 5.74) is 4.31. The van der Waals surface area contributed by atoms with Crippen LogP contribution >= 0.6 is 0 Å². The summed E-state index contributed by atoms with van der Waals surface area (Å²) in [6.07, 6.45) is 4.32. The number of nitrogens with zero attached hydrogens (tertiary/aromatic N) is 3. The van der Waals surface area contributed by atoms with E-state index >= 15 is 0 Å². The first-order valence-corrected chi connectivity index (χ1v) is 9.23. The molecule has 148 valence electrons. The Morgan fingerprint density at radius 3 is 2.50 bits per heavy atom. The quantitative estimate of drug-likeness (QED) is 0.408. The molecule has 0 aliphatic heterocycles. The Kier molecular flexibility index (Phi) is 5.09. The predicted molar refractivity (Wildman–Crippen MR) is 115 cm³/mol. The van der Waals surface area contributed by atoms with Crippen LogP contribution in [-0.4, -0.2) is 26.8 Å². The maximum atomic E-state index is 13.0. The molecule has 4 aromatic rings. The number of hydrogen-bond acceptors (Lipinski definition) is 5. The van der Waals surface area contributed by atoms with E-state index in [2.05, 4.69) is 15.5 Å². The highest BCUT2D eigenvalue weighted by molar-refractivity contribution is 6.02. The Labute approximate surface area is 172 Å². The molecule has 0 spiro atoms. The van der Waals surface area contributed by atoms with Crippen molar-refractivity contribution >= 4 is 22.9 Å². The number of benzene rings is 2. The summed E-state index contributed by atoms with van der Waals surface area (Å²) in [6, 6.07) is 17.4. The molecular weight excluding hydrogens is 380 g/mol. The molecule has 0 saturated carbocycles. The van der Waals surface area contributed by atoms with Crippen LogP contribution in [0.25, 0.3) is 16.5 Å². The molecule has 0 saturated heterocycles. The van der Waals surface area contributed by atoms with Crippen molar-refractivity contribution in [2.45, 2.75) is 6.92 Å². The van der Waals surface area contributed by atoms with Crippen LogP contribution < -0.4 is 11.0 Å². The lowest BCUT2D eigenvalue weighted by Crippen LogP contribution is -2.21. The molecule has 30 heavy (non-hydrogen) atoms. The molecule has 2 heterocycles. The number of rotatable bonds is 4. The molecule has 0 fully saturated rings. The van der Waals surface area contributed by atoms with E-state index in [0.717, 1.165) is 5.56 Å². The van der Waals surface area contributed by atoms with Crippen LogP contribution in [0.1, 0.15) is 21.5 Å². The molecule has 7 nitrogen and oxygen atoms in total. The lowest BCUT2D eigenvalue weighted by molar-refractivity contribution is 0.0954. The summed E-state index contributed by atoms with van der Waals surface area (Å²) in [5, 5.41) is 15.9. The third kappa shape index (κ3) is 3.56.